The molecule has 0 spiro atoms. The summed E-state index contributed by atoms with van der Waals surface area (Å²) in [7, 11) is 0. The van der Waals surface area contributed by atoms with E-state index in [-0.39, 0.29) is 0 Å². The highest BCUT2D eigenvalue weighted by Crippen LogP contribution is 2.07. The maximum absolute atomic E-state index is 5.71. The van der Waals surface area contributed by atoms with E-state index in [4.69, 9.17) is 5.73 Å². The zero-order valence-corrected chi connectivity index (χ0v) is 11.1. The van der Waals surface area contributed by atoms with Crippen LogP contribution in [0.3, 0.4) is 0 Å². The van der Waals surface area contributed by atoms with Gasteiger partial charge in [-0.1, -0.05) is 39.5 Å². The molecule has 4 heteroatoms. The molecule has 0 aliphatic rings. The topological polar surface area (TPSA) is 64.7 Å². The lowest BCUT2D eigenvalue weighted by atomic mass is 10.2. The van der Waals surface area contributed by atoms with Crippen LogP contribution in [0.2, 0.25) is 0 Å². The lowest BCUT2D eigenvalue weighted by molar-refractivity contribution is 0.662. The van der Waals surface area contributed by atoms with E-state index in [0.29, 0.717) is 5.95 Å². The van der Waals surface area contributed by atoms with Crippen molar-refractivity contribution >= 4 is 5.95 Å². The minimum absolute atomic E-state index is 0.373. The summed E-state index contributed by atoms with van der Waals surface area (Å²) in [6.07, 6.45) is 8.97. The van der Waals surface area contributed by atoms with Crippen LogP contribution >= 0.6 is 0 Å². The fourth-order valence-electron chi connectivity index (χ4n) is 1.78. The predicted molar refractivity (Wildman–Crippen MR) is 70.7 cm³/mol. The highest BCUT2D eigenvalue weighted by atomic mass is 15.1. The van der Waals surface area contributed by atoms with Gasteiger partial charge >= 0.3 is 0 Å². The van der Waals surface area contributed by atoms with E-state index < -0.39 is 0 Å². The average molecular weight is 236 g/mol. The minimum Gasteiger partial charge on any atom is -0.368 e. The molecule has 1 heterocycles. The predicted octanol–water partition coefficient (Wildman–Crippen LogP) is 2.92. The number of hydrogen-bond acceptors (Lipinski definition) is 4. The zero-order chi connectivity index (χ0) is 12.5. The van der Waals surface area contributed by atoms with Gasteiger partial charge in [-0.3, -0.25) is 0 Å². The molecule has 0 aliphatic heterocycles. The molecule has 17 heavy (non-hydrogen) atoms. The molecule has 0 saturated carbocycles. The van der Waals surface area contributed by atoms with Gasteiger partial charge < -0.3 is 5.73 Å². The molecule has 4 nitrogen and oxygen atoms in total. The van der Waals surface area contributed by atoms with Crippen LogP contribution in [0, 0.1) is 0 Å². The maximum Gasteiger partial charge on any atom is 0.223 e. The summed E-state index contributed by atoms with van der Waals surface area (Å²) in [6, 6.07) is 0. The summed E-state index contributed by atoms with van der Waals surface area (Å²) < 4.78 is 0. The number of nitrogens with zero attached hydrogens (tertiary/aromatic N) is 3. The molecule has 0 saturated heterocycles. The molecule has 2 N–H and O–H groups in total. The van der Waals surface area contributed by atoms with Crippen molar-refractivity contribution in [3.05, 3.63) is 11.6 Å². The van der Waals surface area contributed by atoms with Crippen LogP contribution < -0.4 is 5.73 Å². The van der Waals surface area contributed by atoms with Crippen LogP contribution in [-0.4, -0.2) is 15.0 Å². The molecule has 0 fully saturated rings. The molecule has 96 valence electrons. The minimum atomic E-state index is 0.373. The summed E-state index contributed by atoms with van der Waals surface area (Å²) >= 11 is 0. The van der Waals surface area contributed by atoms with Crippen LogP contribution in [0.25, 0.3) is 0 Å². The van der Waals surface area contributed by atoms with Gasteiger partial charge in [0.15, 0.2) is 0 Å². The van der Waals surface area contributed by atoms with Gasteiger partial charge in [0.2, 0.25) is 5.95 Å². The fourth-order valence-corrected chi connectivity index (χ4v) is 1.78. The number of hydrogen-bond donors (Lipinski definition) is 1. The van der Waals surface area contributed by atoms with Crippen LogP contribution in [0.1, 0.15) is 64.0 Å². The second kappa shape index (κ2) is 7.98. The highest BCUT2D eigenvalue weighted by Gasteiger charge is 2.04. The number of nitrogens with two attached hydrogens (primary N) is 1. The molecule has 0 aliphatic carbocycles. The Morgan fingerprint density at radius 1 is 0.765 bits per heavy atom. The number of rotatable bonds is 8. The third-order valence-corrected chi connectivity index (χ3v) is 2.75. The van der Waals surface area contributed by atoms with Crippen LogP contribution in [0.5, 0.6) is 0 Å². The first-order valence-electron chi connectivity index (χ1n) is 6.75. The average Bonchev–Trinajstić information content (AvgIpc) is 2.29. The number of anilines is 1. The van der Waals surface area contributed by atoms with Crippen LogP contribution in [0.15, 0.2) is 0 Å². The Balaban J connectivity index is 2.53. The summed E-state index contributed by atoms with van der Waals surface area (Å²) in [5.74, 6) is 2.09. The molecule has 0 amide bonds. The van der Waals surface area contributed by atoms with Crippen molar-refractivity contribution in [2.75, 3.05) is 5.73 Å². The largest absolute Gasteiger partial charge is 0.368 e. The van der Waals surface area contributed by atoms with E-state index in [1.165, 1.54) is 25.7 Å². The molecule has 0 aromatic carbocycles. The van der Waals surface area contributed by atoms with E-state index in [1.807, 2.05) is 0 Å². The third-order valence-electron chi connectivity index (χ3n) is 2.75. The highest BCUT2D eigenvalue weighted by molar-refractivity contribution is 5.16. The van der Waals surface area contributed by atoms with Gasteiger partial charge in [0.05, 0.1) is 0 Å². The number of nitrogen functional groups attached to an aromatic ring is 1. The van der Waals surface area contributed by atoms with Gasteiger partial charge in [-0.25, -0.2) is 4.98 Å². The molecule has 1 aromatic rings. The molecular weight excluding hydrogens is 212 g/mol. The van der Waals surface area contributed by atoms with Gasteiger partial charge in [-0.15, -0.1) is 0 Å². The molecule has 0 atom stereocenters. The van der Waals surface area contributed by atoms with Gasteiger partial charge in [0.25, 0.3) is 0 Å². The Morgan fingerprint density at radius 2 is 1.24 bits per heavy atom. The van der Waals surface area contributed by atoms with Crippen molar-refractivity contribution in [2.45, 2.75) is 65.2 Å². The van der Waals surface area contributed by atoms with Crippen molar-refractivity contribution in [3.63, 3.8) is 0 Å². The summed E-state index contributed by atoms with van der Waals surface area (Å²) in [5.41, 5.74) is 5.71. The summed E-state index contributed by atoms with van der Waals surface area (Å²) in [6.45, 7) is 4.38. The quantitative estimate of drug-likeness (QED) is 0.705. The molecule has 1 aromatic heterocycles. The van der Waals surface area contributed by atoms with E-state index >= 15 is 0 Å². The Morgan fingerprint density at radius 3 is 1.65 bits per heavy atom. The van der Waals surface area contributed by atoms with Crippen molar-refractivity contribution in [1.82, 2.24) is 15.0 Å². The standard InChI is InChI=1S/C13H24N4/c1-3-5-7-9-11-15-12(10-8-6-4-2)17-13(14)16-11/h3-10H2,1-2H3,(H2,14,15,16,17). The fraction of sp³-hybridized carbons (Fsp3) is 0.769. The Kier molecular flexibility index (Phi) is 6.51. The van der Waals surface area contributed by atoms with Crippen molar-refractivity contribution in [2.24, 2.45) is 0 Å². The van der Waals surface area contributed by atoms with Gasteiger partial charge in [-0.05, 0) is 12.8 Å². The molecular formula is C13H24N4. The normalized spacial score (nSPS) is 10.7. The first kappa shape index (κ1) is 13.9. The molecule has 0 unspecified atom stereocenters. The molecule has 0 bridgehead atoms. The third kappa shape index (κ3) is 5.61. The first-order valence-corrected chi connectivity index (χ1v) is 6.75. The van der Waals surface area contributed by atoms with Crippen molar-refractivity contribution in [1.29, 1.82) is 0 Å². The second-order valence-corrected chi connectivity index (χ2v) is 4.44. The Bertz CT molecular complexity index is 297. The lowest BCUT2D eigenvalue weighted by Gasteiger charge is -2.04. The summed E-state index contributed by atoms with van der Waals surface area (Å²) in [5, 5.41) is 0. The van der Waals surface area contributed by atoms with Crippen molar-refractivity contribution in [3.8, 4) is 0 Å². The second-order valence-electron chi connectivity index (χ2n) is 4.44. The van der Waals surface area contributed by atoms with Crippen molar-refractivity contribution < 1.29 is 0 Å². The maximum atomic E-state index is 5.71. The SMILES string of the molecule is CCCCCc1nc(N)nc(CCCCC)n1. The van der Waals surface area contributed by atoms with E-state index in [1.54, 1.807) is 0 Å². The van der Waals surface area contributed by atoms with Gasteiger partial charge in [0.1, 0.15) is 11.6 Å². The van der Waals surface area contributed by atoms with Crippen LogP contribution in [0.4, 0.5) is 5.95 Å². The van der Waals surface area contributed by atoms with E-state index in [2.05, 4.69) is 28.8 Å². The monoisotopic (exact) mass is 236 g/mol. The number of unbranched alkanes of at least 4 members (excludes halogenated alkanes) is 4. The smallest absolute Gasteiger partial charge is 0.223 e. The van der Waals surface area contributed by atoms with E-state index in [0.717, 1.165) is 37.3 Å². The number of aromatic nitrogens is 3. The zero-order valence-electron chi connectivity index (χ0n) is 11.1. The van der Waals surface area contributed by atoms with Gasteiger partial charge in [-0.2, -0.15) is 9.97 Å². The lowest BCUT2D eigenvalue weighted by Crippen LogP contribution is -2.07. The van der Waals surface area contributed by atoms with Crippen LogP contribution in [-0.2, 0) is 12.8 Å². The number of aryl methyl sites for hydroxylation is 2. The molecule has 0 radical (unpaired) electrons. The first-order chi connectivity index (χ1) is 8.26. The molecule has 1 rings (SSSR count). The van der Waals surface area contributed by atoms with Gasteiger partial charge in [0, 0.05) is 12.8 Å². The van der Waals surface area contributed by atoms with E-state index in [9.17, 15) is 0 Å². The Hall–Kier alpha value is -1.19. The summed E-state index contributed by atoms with van der Waals surface area (Å²) in [4.78, 5) is 12.9. The Labute approximate surface area is 104 Å².